The third kappa shape index (κ3) is 5.71. The zero-order valence-corrected chi connectivity index (χ0v) is 22.6. The van der Waals surface area contributed by atoms with Crippen LogP contribution < -0.4 is 5.32 Å². The molecular weight excluding hydrogens is 484 g/mol. The maximum absolute atomic E-state index is 13.3. The largest absolute Gasteiger partial charge is 0.461 e. The third-order valence-corrected chi connectivity index (χ3v) is 6.33. The molecule has 1 aliphatic heterocycles. The van der Waals surface area contributed by atoms with Crippen LogP contribution in [-0.2, 0) is 20.8 Å². The molecule has 1 atom stereocenters. The van der Waals surface area contributed by atoms with Crippen LogP contribution in [0.2, 0.25) is 0 Å². The Morgan fingerprint density at radius 2 is 1.74 bits per heavy atom. The lowest BCUT2D eigenvalue weighted by Crippen LogP contribution is -2.53. The normalized spacial score (nSPS) is 17.6. The first-order chi connectivity index (χ1) is 18.2. The van der Waals surface area contributed by atoms with E-state index in [4.69, 9.17) is 9.47 Å². The molecule has 0 fully saturated rings. The van der Waals surface area contributed by atoms with Crippen LogP contribution in [0.4, 0.5) is 0 Å². The molecule has 0 spiro atoms. The lowest BCUT2D eigenvalue weighted by molar-refractivity contribution is -0.156. The summed E-state index contributed by atoms with van der Waals surface area (Å²) in [6, 6.07) is 16.0. The number of aromatic amines is 1. The zero-order valence-electron chi connectivity index (χ0n) is 22.6. The van der Waals surface area contributed by atoms with Crippen LogP contribution in [0.15, 0.2) is 59.9 Å². The number of nitrogens with zero attached hydrogens (tertiary/aromatic N) is 4. The smallest absolute Gasteiger partial charge is 0.356 e. The summed E-state index contributed by atoms with van der Waals surface area (Å²) in [4.78, 5) is 15.1. The second-order valence-electron chi connectivity index (χ2n) is 9.94. The van der Waals surface area contributed by atoms with Gasteiger partial charge < -0.3 is 24.8 Å². The minimum atomic E-state index is -1.31. The van der Waals surface area contributed by atoms with Crippen molar-refractivity contribution in [2.45, 2.75) is 65.5 Å². The van der Waals surface area contributed by atoms with E-state index in [9.17, 15) is 9.90 Å². The Morgan fingerprint density at radius 3 is 2.34 bits per heavy atom. The van der Waals surface area contributed by atoms with E-state index in [2.05, 4.69) is 25.9 Å². The van der Waals surface area contributed by atoms with Gasteiger partial charge >= 0.3 is 5.97 Å². The number of H-pyrrole nitrogens is 1. The van der Waals surface area contributed by atoms with Gasteiger partial charge in [-0.1, -0.05) is 62.4 Å². The molecular formula is C28H36N6O4. The molecule has 202 valence electrons. The number of tetrazole rings is 1. The number of aromatic nitrogens is 4. The number of hydrogen-bond donors (Lipinski definition) is 3. The quantitative estimate of drug-likeness (QED) is 0.322. The molecule has 0 bridgehead atoms. The molecule has 4 rings (SSSR count). The van der Waals surface area contributed by atoms with Crippen molar-refractivity contribution in [3.05, 3.63) is 65.5 Å². The highest BCUT2D eigenvalue weighted by atomic mass is 16.5. The Kier molecular flexibility index (Phi) is 8.13. The number of benzene rings is 2. The minimum Gasteiger partial charge on any atom is -0.461 e. The fraction of sp³-hybridized carbons (Fsp3) is 0.429. The molecule has 1 aromatic heterocycles. The third-order valence-electron chi connectivity index (χ3n) is 6.33. The lowest BCUT2D eigenvalue weighted by Gasteiger charge is -2.38. The maximum Gasteiger partial charge on any atom is 0.356 e. The van der Waals surface area contributed by atoms with Crippen molar-refractivity contribution < 1.29 is 19.4 Å². The highest BCUT2D eigenvalue weighted by Crippen LogP contribution is 2.37. The maximum atomic E-state index is 13.3. The van der Waals surface area contributed by atoms with E-state index in [1.165, 1.54) is 0 Å². The molecule has 0 amide bonds. The van der Waals surface area contributed by atoms with E-state index in [0.717, 1.165) is 28.7 Å². The average molecular weight is 521 g/mol. The van der Waals surface area contributed by atoms with Gasteiger partial charge in [-0.3, -0.25) is 0 Å². The summed E-state index contributed by atoms with van der Waals surface area (Å²) in [6.07, 6.45) is 1.49. The minimum absolute atomic E-state index is 0.274. The lowest BCUT2D eigenvalue weighted by atomic mass is 9.98. The fourth-order valence-electron chi connectivity index (χ4n) is 4.45. The summed E-state index contributed by atoms with van der Waals surface area (Å²) >= 11 is 0. The van der Waals surface area contributed by atoms with Gasteiger partial charge in [0, 0.05) is 19.0 Å². The predicted molar refractivity (Wildman–Crippen MR) is 143 cm³/mol. The predicted octanol–water partition coefficient (Wildman–Crippen LogP) is 3.97. The van der Waals surface area contributed by atoms with Crippen molar-refractivity contribution in [2.75, 3.05) is 13.2 Å². The Bertz CT molecular complexity index is 1270. The standard InChI is InChI=1S/C28H36N6O4/c1-6-16-37-26(35)23-24(27(3,4)36)29-28(5,38-17-7-2)34(23)18-19-12-14-20(15-13-19)21-10-8-9-11-22(21)25-30-32-33-31-25/h8-15,29,36H,6-7,16-18H2,1-5H3,(H,30,31,32,33). The summed E-state index contributed by atoms with van der Waals surface area (Å²) in [5.74, 6) is -1.02. The number of aliphatic hydroxyl groups is 1. The van der Waals surface area contributed by atoms with Crippen LogP contribution in [0.1, 0.15) is 53.0 Å². The Balaban J connectivity index is 1.68. The van der Waals surface area contributed by atoms with Gasteiger partial charge in [0.15, 0.2) is 0 Å². The molecule has 10 nitrogen and oxygen atoms in total. The number of hydrogen-bond acceptors (Lipinski definition) is 9. The van der Waals surface area contributed by atoms with E-state index in [1.54, 1.807) is 13.8 Å². The first kappa shape index (κ1) is 27.3. The molecule has 0 aliphatic carbocycles. The summed E-state index contributed by atoms with van der Waals surface area (Å²) in [5, 5.41) is 28.7. The van der Waals surface area contributed by atoms with Crippen LogP contribution in [0, 0.1) is 0 Å². The Labute approximate surface area is 223 Å². The second kappa shape index (κ2) is 11.3. The topological polar surface area (TPSA) is 125 Å². The second-order valence-corrected chi connectivity index (χ2v) is 9.94. The van der Waals surface area contributed by atoms with Crippen molar-refractivity contribution in [2.24, 2.45) is 0 Å². The van der Waals surface area contributed by atoms with Gasteiger partial charge in [0.05, 0.1) is 18.9 Å². The molecule has 0 saturated carbocycles. The SMILES string of the molecule is CCCOC(=O)C1=C(C(C)(C)O)NC(C)(OCCC)N1Cc1ccc(-c2ccccc2-c2nn[nH]n2)cc1. The monoisotopic (exact) mass is 520 g/mol. The number of ether oxygens (including phenoxy) is 2. The van der Waals surface area contributed by atoms with E-state index in [0.29, 0.717) is 31.1 Å². The van der Waals surface area contributed by atoms with Gasteiger partial charge in [-0.2, -0.15) is 5.21 Å². The Morgan fingerprint density at radius 1 is 1.05 bits per heavy atom. The van der Waals surface area contributed by atoms with Crippen LogP contribution in [0.3, 0.4) is 0 Å². The van der Waals surface area contributed by atoms with Crippen molar-refractivity contribution in [1.29, 1.82) is 0 Å². The number of carbonyl (C=O) groups is 1. The van der Waals surface area contributed by atoms with Crippen LogP contribution >= 0.6 is 0 Å². The van der Waals surface area contributed by atoms with E-state index >= 15 is 0 Å². The number of carbonyl (C=O) groups excluding carboxylic acids is 1. The first-order valence-electron chi connectivity index (χ1n) is 12.9. The zero-order chi connectivity index (χ0) is 27.3. The highest BCUT2D eigenvalue weighted by molar-refractivity contribution is 5.90. The Hall–Kier alpha value is -3.76. The molecule has 38 heavy (non-hydrogen) atoms. The van der Waals surface area contributed by atoms with Crippen molar-refractivity contribution >= 4 is 5.97 Å². The van der Waals surface area contributed by atoms with E-state index < -0.39 is 17.4 Å². The molecule has 2 aromatic carbocycles. The number of nitrogens with one attached hydrogen (secondary N) is 2. The molecule has 1 unspecified atom stereocenters. The molecule has 1 aliphatic rings. The van der Waals surface area contributed by atoms with Crippen molar-refractivity contribution in [3.8, 4) is 22.5 Å². The molecule has 2 heterocycles. The summed E-state index contributed by atoms with van der Waals surface area (Å²) in [6.45, 7) is 10.2. The molecule has 10 heteroatoms. The van der Waals surface area contributed by atoms with Gasteiger partial charge in [-0.25, -0.2) is 4.79 Å². The van der Waals surface area contributed by atoms with Crippen molar-refractivity contribution in [3.63, 3.8) is 0 Å². The number of esters is 1. The number of rotatable bonds is 11. The fourth-order valence-corrected chi connectivity index (χ4v) is 4.45. The van der Waals surface area contributed by atoms with Crippen LogP contribution in [0.25, 0.3) is 22.5 Å². The first-order valence-corrected chi connectivity index (χ1v) is 12.9. The molecule has 0 radical (unpaired) electrons. The molecule has 3 aromatic rings. The van der Waals surface area contributed by atoms with Gasteiger partial charge in [0.25, 0.3) is 0 Å². The van der Waals surface area contributed by atoms with Gasteiger partial charge in [0.2, 0.25) is 11.7 Å². The van der Waals surface area contributed by atoms with Crippen molar-refractivity contribution in [1.82, 2.24) is 30.8 Å². The highest BCUT2D eigenvalue weighted by Gasteiger charge is 2.49. The molecule has 3 N–H and O–H groups in total. The van der Waals surface area contributed by atoms with Crippen LogP contribution in [-0.4, -0.2) is 61.3 Å². The summed E-state index contributed by atoms with van der Waals surface area (Å²) in [7, 11) is 0. The average Bonchev–Trinajstić information content (AvgIpc) is 3.54. The van der Waals surface area contributed by atoms with Crippen LogP contribution in [0.5, 0.6) is 0 Å². The summed E-state index contributed by atoms with van der Waals surface area (Å²) in [5.41, 5.74) is 3.14. The van der Waals surface area contributed by atoms with E-state index in [1.807, 2.05) is 74.2 Å². The molecule has 0 saturated heterocycles. The van der Waals surface area contributed by atoms with Gasteiger partial charge in [0.1, 0.15) is 11.3 Å². The summed E-state index contributed by atoms with van der Waals surface area (Å²) < 4.78 is 11.7. The van der Waals surface area contributed by atoms with Gasteiger partial charge in [-0.05, 0) is 48.6 Å². The van der Waals surface area contributed by atoms with Gasteiger partial charge in [-0.15, -0.1) is 10.2 Å². The van der Waals surface area contributed by atoms with E-state index in [-0.39, 0.29) is 12.3 Å².